The molecule has 0 spiro atoms. The third-order valence-corrected chi connectivity index (χ3v) is 3.84. The SMILES string of the molecule is Fc1ccc(-c2nc(-c3ccccc3)c(-c3ccncc3)[nH]2)cc1. The number of rotatable bonds is 3. The van der Waals surface area contributed by atoms with E-state index in [2.05, 4.69) is 9.97 Å². The van der Waals surface area contributed by atoms with E-state index in [1.807, 2.05) is 42.5 Å². The maximum Gasteiger partial charge on any atom is 0.138 e. The van der Waals surface area contributed by atoms with Crippen molar-refractivity contribution in [1.82, 2.24) is 15.0 Å². The maximum atomic E-state index is 13.2. The van der Waals surface area contributed by atoms with Gasteiger partial charge in [-0.25, -0.2) is 9.37 Å². The number of halogens is 1. The number of hydrogen-bond acceptors (Lipinski definition) is 2. The molecule has 0 aliphatic rings. The highest BCUT2D eigenvalue weighted by atomic mass is 19.1. The van der Waals surface area contributed by atoms with Crippen LogP contribution in [0.1, 0.15) is 0 Å². The molecule has 4 aromatic rings. The zero-order valence-corrected chi connectivity index (χ0v) is 12.8. The molecule has 116 valence electrons. The molecule has 24 heavy (non-hydrogen) atoms. The highest BCUT2D eigenvalue weighted by molar-refractivity contribution is 5.81. The van der Waals surface area contributed by atoms with Crippen LogP contribution in [0, 0.1) is 5.82 Å². The van der Waals surface area contributed by atoms with Gasteiger partial charge in [-0.3, -0.25) is 4.98 Å². The molecular formula is C20H14FN3. The number of nitrogens with zero attached hydrogens (tertiary/aromatic N) is 2. The Morgan fingerprint density at radius 3 is 2.12 bits per heavy atom. The zero-order chi connectivity index (χ0) is 16.4. The van der Waals surface area contributed by atoms with Crippen LogP contribution in [-0.4, -0.2) is 15.0 Å². The topological polar surface area (TPSA) is 41.6 Å². The predicted molar refractivity (Wildman–Crippen MR) is 92.6 cm³/mol. The highest BCUT2D eigenvalue weighted by Crippen LogP contribution is 2.32. The summed E-state index contributed by atoms with van der Waals surface area (Å²) in [5.74, 6) is 0.448. The Labute approximate surface area is 138 Å². The monoisotopic (exact) mass is 315 g/mol. The van der Waals surface area contributed by atoms with Crippen LogP contribution in [0.5, 0.6) is 0 Å². The fourth-order valence-corrected chi connectivity index (χ4v) is 2.65. The number of hydrogen-bond donors (Lipinski definition) is 1. The number of benzene rings is 2. The molecule has 0 atom stereocenters. The van der Waals surface area contributed by atoms with Crippen molar-refractivity contribution in [1.29, 1.82) is 0 Å². The van der Waals surface area contributed by atoms with Gasteiger partial charge in [0.1, 0.15) is 11.6 Å². The van der Waals surface area contributed by atoms with Gasteiger partial charge in [-0.15, -0.1) is 0 Å². The lowest BCUT2D eigenvalue weighted by molar-refractivity contribution is 0.628. The molecule has 0 aliphatic heterocycles. The van der Waals surface area contributed by atoms with Crippen LogP contribution >= 0.6 is 0 Å². The molecular weight excluding hydrogens is 301 g/mol. The van der Waals surface area contributed by atoms with Crippen molar-refractivity contribution in [3.05, 3.63) is 84.9 Å². The summed E-state index contributed by atoms with van der Waals surface area (Å²) in [5, 5.41) is 0. The molecule has 1 N–H and O–H groups in total. The van der Waals surface area contributed by atoms with Crippen LogP contribution in [0.3, 0.4) is 0 Å². The average Bonchev–Trinajstić information content (AvgIpc) is 3.09. The van der Waals surface area contributed by atoms with Crippen LogP contribution in [0.15, 0.2) is 79.1 Å². The first kappa shape index (κ1) is 14.3. The Morgan fingerprint density at radius 1 is 0.708 bits per heavy atom. The van der Waals surface area contributed by atoms with Gasteiger partial charge in [-0.2, -0.15) is 0 Å². The van der Waals surface area contributed by atoms with Crippen molar-refractivity contribution in [3.63, 3.8) is 0 Å². The van der Waals surface area contributed by atoms with E-state index in [4.69, 9.17) is 4.98 Å². The Kier molecular flexibility index (Phi) is 3.63. The molecule has 0 amide bonds. The normalized spacial score (nSPS) is 10.7. The smallest absolute Gasteiger partial charge is 0.138 e. The van der Waals surface area contributed by atoms with Gasteiger partial charge in [0.15, 0.2) is 0 Å². The van der Waals surface area contributed by atoms with E-state index in [0.717, 1.165) is 28.1 Å². The molecule has 3 nitrogen and oxygen atoms in total. The van der Waals surface area contributed by atoms with Gasteiger partial charge in [0.2, 0.25) is 0 Å². The van der Waals surface area contributed by atoms with Crippen LogP contribution in [0.2, 0.25) is 0 Å². The molecule has 2 aromatic heterocycles. The molecule has 0 aliphatic carbocycles. The van der Waals surface area contributed by atoms with Gasteiger partial charge in [0, 0.05) is 29.1 Å². The van der Waals surface area contributed by atoms with Gasteiger partial charge in [-0.1, -0.05) is 30.3 Å². The lowest BCUT2D eigenvalue weighted by atomic mass is 10.1. The van der Waals surface area contributed by atoms with Crippen molar-refractivity contribution in [2.24, 2.45) is 0 Å². The quantitative estimate of drug-likeness (QED) is 0.581. The Hall–Kier alpha value is -3.27. The summed E-state index contributed by atoms with van der Waals surface area (Å²) < 4.78 is 13.2. The first-order chi connectivity index (χ1) is 11.8. The van der Waals surface area contributed by atoms with Crippen molar-refractivity contribution < 1.29 is 4.39 Å². The number of H-pyrrole nitrogens is 1. The molecule has 0 fully saturated rings. The summed E-state index contributed by atoms with van der Waals surface area (Å²) in [5.41, 5.74) is 4.65. The summed E-state index contributed by atoms with van der Waals surface area (Å²) in [7, 11) is 0. The Morgan fingerprint density at radius 2 is 1.42 bits per heavy atom. The number of imidazole rings is 1. The van der Waals surface area contributed by atoms with E-state index in [-0.39, 0.29) is 5.82 Å². The zero-order valence-electron chi connectivity index (χ0n) is 12.8. The lowest BCUT2D eigenvalue weighted by Gasteiger charge is -2.02. The molecule has 0 saturated carbocycles. The van der Waals surface area contributed by atoms with Crippen LogP contribution < -0.4 is 0 Å². The van der Waals surface area contributed by atoms with Gasteiger partial charge in [0.25, 0.3) is 0 Å². The van der Waals surface area contributed by atoms with Crippen molar-refractivity contribution in [3.8, 4) is 33.9 Å². The molecule has 0 unspecified atom stereocenters. The molecule has 4 rings (SSSR count). The second-order valence-electron chi connectivity index (χ2n) is 5.42. The van der Waals surface area contributed by atoms with E-state index in [1.165, 1.54) is 12.1 Å². The standard InChI is InChI=1S/C20H14FN3/c21-17-8-6-16(7-9-17)20-23-18(14-4-2-1-3-5-14)19(24-20)15-10-12-22-13-11-15/h1-13H,(H,23,24). The van der Waals surface area contributed by atoms with Gasteiger partial charge < -0.3 is 4.98 Å². The van der Waals surface area contributed by atoms with Crippen molar-refractivity contribution in [2.45, 2.75) is 0 Å². The third kappa shape index (κ3) is 2.70. The Bertz CT molecular complexity index is 888. The van der Waals surface area contributed by atoms with Gasteiger partial charge in [-0.05, 0) is 36.4 Å². The molecule has 4 heteroatoms. The van der Waals surface area contributed by atoms with Crippen LogP contribution in [0.4, 0.5) is 4.39 Å². The minimum atomic E-state index is -0.261. The average molecular weight is 315 g/mol. The summed E-state index contributed by atoms with van der Waals surface area (Å²) in [6, 6.07) is 20.2. The molecule has 2 heterocycles. The minimum absolute atomic E-state index is 0.261. The molecule has 0 saturated heterocycles. The number of pyridine rings is 1. The fourth-order valence-electron chi connectivity index (χ4n) is 2.65. The first-order valence-electron chi connectivity index (χ1n) is 7.63. The van der Waals surface area contributed by atoms with Crippen LogP contribution in [-0.2, 0) is 0 Å². The second-order valence-corrected chi connectivity index (χ2v) is 5.42. The summed E-state index contributed by atoms with van der Waals surface area (Å²) >= 11 is 0. The van der Waals surface area contributed by atoms with E-state index in [0.29, 0.717) is 5.82 Å². The Balaban J connectivity index is 1.89. The van der Waals surface area contributed by atoms with Crippen molar-refractivity contribution >= 4 is 0 Å². The van der Waals surface area contributed by atoms with E-state index < -0.39 is 0 Å². The highest BCUT2D eigenvalue weighted by Gasteiger charge is 2.15. The maximum absolute atomic E-state index is 13.2. The number of nitrogens with one attached hydrogen (secondary N) is 1. The second kappa shape index (κ2) is 6.08. The fraction of sp³-hybridized carbons (Fsp3) is 0. The molecule has 2 aromatic carbocycles. The predicted octanol–water partition coefficient (Wildman–Crippen LogP) is 4.94. The van der Waals surface area contributed by atoms with Gasteiger partial charge in [0.05, 0.1) is 11.4 Å². The van der Waals surface area contributed by atoms with Gasteiger partial charge >= 0.3 is 0 Å². The summed E-state index contributed by atoms with van der Waals surface area (Å²) in [4.78, 5) is 12.2. The van der Waals surface area contributed by atoms with Crippen molar-refractivity contribution in [2.75, 3.05) is 0 Å². The van der Waals surface area contributed by atoms with E-state index in [9.17, 15) is 4.39 Å². The number of aromatic amines is 1. The number of aromatic nitrogens is 3. The lowest BCUT2D eigenvalue weighted by Crippen LogP contribution is -1.83. The first-order valence-corrected chi connectivity index (χ1v) is 7.63. The summed E-state index contributed by atoms with van der Waals surface area (Å²) in [6.45, 7) is 0. The van der Waals surface area contributed by atoms with E-state index >= 15 is 0 Å². The summed E-state index contributed by atoms with van der Waals surface area (Å²) in [6.07, 6.45) is 3.50. The van der Waals surface area contributed by atoms with E-state index in [1.54, 1.807) is 24.5 Å². The molecule has 0 radical (unpaired) electrons. The molecule has 0 bridgehead atoms. The largest absolute Gasteiger partial charge is 0.337 e. The third-order valence-electron chi connectivity index (χ3n) is 3.84. The minimum Gasteiger partial charge on any atom is -0.337 e. The van der Waals surface area contributed by atoms with Crippen LogP contribution in [0.25, 0.3) is 33.9 Å².